The van der Waals surface area contributed by atoms with Gasteiger partial charge in [-0.15, -0.1) is 0 Å². The van der Waals surface area contributed by atoms with E-state index in [9.17, 15) is 0 Å². The number of hydrogen-bond donors (Lipinski definition) is 1. The van der Waals surface area contributed by atoms with Crippen molar-refractivity contribution in [1.29, 1.82) is 5.26 Å². The molecule has 1 aliphatic rings. The van der Waals surface area contributed by atoms with Crippen LogP contribution in [0.4, 0.5) is 0 Å². The third kappa shape index (κ3) is 1.21. The van der Waals surface area contributed by atoms with Crippen LogP contribution in [0.15, 0.2) is 0 Å². The van der Waals surface area contributed by atoms with Gasteiger partial charge in [0.1, 0.15) is 0 Å². The highest BCUT2D eigenvalue weighted by Gasteiger charge is 2.26. The number of nitriles is 1. The molecule has 1 saturated heterocycles. The molecule has 50 valence electrons. The molecular weight excluding hydrogens is 114 g/mol. The first-order valence-electron chi connectivity index (χ1n) is 3.08. The lowest BCUT2D eigenvalue weighted by molar-refractivity contribution is 0.406. The average molecular weight is 125 g/mol. The fourth-order valence-corrected chi connectivity index (χ4v) is 1.17. The number of hydrogen-bond acceptors (Lipinski definition) is 3. The van der Waals surface area contributed by atoms with Crippen LogP contribution in [0.25, 0.3) is 0 Å². The summed E-state index contributed by atoms with van der Waals surface area (Å²) < 4.78 is 0. The van der Waals surface area contributed by atoms with Crippen molar-refractivity contribution in [1.82, 2.24) is 4.90 Å². The topological polar surface area (TPSA) is 53.0 Å². The van der Waals surface area contributed by atoms with Gasteiger partial charge in [-0.05, 0) is 7.05 Å². The summed E-state index contributed by atoms with van der Waals surface area (Å²) in [5.74, 6) is 0.0509. The smallest absolute Gasteiger partial charge is 0.0753 e. The highest BCUT2D eigenvalue weighted by atomic mass is 15.1. The fraction of sp³-hybridized carbons (Fsp3) is 0.833. The van der Waals surface area contributed by atoms with Crippen LogP contribution < -0.4 is 5.73 Å². The van der Waals surface area contributed by atoms with Gasteiger partial charge in [0.25, 0.3) is 0 Å². The average Bonchev–Trinajstić information content (AvgIpc) is 2.10. The van der Waals surface area contributed by atoms with Crippen molar-refractivity contribution in [2.75, 3.05) is 20.1 Å². The Kier molecular flexibility index (Phi) is 1.70. The maximum absolute atomic E-state index is 8.50. The van der Waals surface area contributed by atoms with Crippen molar-refractivity contribution >= 4 is 0 Å². The number of likely N-dealkylation sites (tertiary alicyclic amines) is 1. The van der Waals surface area contributed by atoms with Gasteiger partial charge in [0.2, 0.25) is 0 Å². The number of rotatable bonds is 0. The molecule has 0 unspecified atom stereocenters. The van der Waals surface area contributed by atoms with Gasteiger partial charge < -0.3 is 10.6 Å². The zero-order valence-corrected chi connectivity index (χ0v) is 5.54. The van der Waals surface area contributed by atoms with E-state index < -0.39 is 0 Å². The Balaban J connectivity index is 2.50. The molecule has 0 saturated carbocycles. The first kappa shape index (κ1) is 6.53. The zero-order chi connectivity index (χ0) is 6.85. The van der Waals surface area contributed by atoms with Crippen LogP contribution in [0.3, 0.4) is 0 Å². The third-order valence-electron chi connectivity index (χ3n) is 1.71. The maximum atomic E-state index is 8.50. The highest BCUT2D eigenvalue weighted by Crippen LogP contribution is 2.11. The minimum absolute atomic E-state index is 0.0509. The Bertz CT molecular complexity index is 138. The van der Waals surface area contributed by atoms with Gasteiger partial charge in [0.15, 0.2) is 0 Å². The minimum atomic E-state index is 0.0509. The SMILES string of the molecule is CN1C[C@@H](C#N)[C@@H](N)C1. The van der Waals surface area contributed by atoms with E-state index in [1.54, 1.807) is 0 Å². The summed E-state index contributed by atoms with van der Waals surface area (Å²) >= 11 is 0. The molecule has 3 heteroatoms. The lowest BCUT2D eigenvalue weighted by Gasteiger charge is -2.02. The molecule has 0 bridgehead atoms. The molecule has 1 aliphatic heterocycles. The van der Waals surface area contributed by atoms with E-state index in [1.165, 1.54) is 0 Å². The van der Waals surface area contributed by atoms with Gasteiger partial charge in [0, 0.05) is 19.1 Å². The summed E-state index contributed by atoms with van der Waals surface area (Å²) in [6.07, 6.45) is 0. The lowest BCUT2D eigenvalue weighted by Crippen LogP contribution is -2.28. The van der Waals surface area contributed by atoms with E-state index in [2.05, 4.69) is 11.0 Å². The second-order valence-electron chi connectivity index (χ2n) is 2.62. The van der Waals surface area contributed by atoms with Gasteiger partial charge >= 0.3 is 0 Å². The van der Waals surface area contributed by atoms with Gasteiger partial charge in [0.05, 0.1) is 12.0 Å². The Morgan fingerprint density at radius 2 is 2.33 bits per heavy atom. The molecule has 0 aromatic rings. The van der Waals surface area contributed by atoms with Gasteiger partial charge in [-0.2, -0.15) is 5.26 Å². The number of nitrogens with two attached hydrogens (primary N) is 1. The van der Waals surface area contributed by atoms with Crippen LogP contribution in [0.1, 0.15) is 0 Å². The maximum Gasteiger partial charge on any atom is 0.0753 e. The molecule has 0 radical (unpaired) electrons. The van der Waals surface area contributed by atoms with E-state index in [4.69, 9.17) is 11.0 Å². The molecule has 9 heavy (non-hydrogen) atoms. The molecule has 0 aliphatic carbocycles. The summed E-state index contributed by atoms with van der Waals surface area (Å²) in [4.78, 5) is 2.08. The fourth-order valence-electron chi connectivity index (χ4n) is 1.17. The van der Waals surface area contributed by atoms with Crippen LogP contribution in [-0.4, -0.2) is 31.1 Å². The summed E-state index contributed by atoms with van der Waals surface area (Å²) in [6, 6.07) is 2.25. The predicted octanol–water partition coefficient (Wildman–Crippen LogP) is -0.601. The molecule has 3 nitrogen and oxygen atoms in total. The Morgan fingerprint density at radius 1 is 1.67 bits per heavy atom. The van der Waals surface area contributed by atoms with Crippen molar-refractivity contribution in [3.05, 3.63) is 0 Å². The van der Waals surface area contributed by atoms with Crippen molar-refractivity contribution < 1.29 is 0 Å². The standard InChI is InChI=1S/C6H11N3/c1-9-3-5(2-7)6(8)4-9/h5-6H,3-4,8H2,1H3/t5-,6+/m1/s1. The summed E-state index contributed by atoms with van der Waals surface area (Å²) in [7, 11) is 1.98. The molecule has 1 rings (SSSR count). The number of nitrogens with zero attached hydrogens (tertiary/aromatic N) is 2. The molecule has 0 aromatic carbocycles. The monoisotopic (exact) mass is 125 g/mol. The first-order valence-corrected chi connectivity index (χ1v) is 3.08. The Morgan fingerprint density at radius 3 is 2.56 bits per heavy atom. The normalized spacial score (nSPS) is 36.6. The minimum Gasteiger partial charge on any atom is -0.325 e. The molecule has 0 aromatic heterocycles. The molecule has 0 amide bonds. The first-order chi connectivity index (χ1) is 4.24. The van der Waals surface area contributed by atoms with E-state index in [1.807, 2.05) is 7.05 Å². The Hall–Kier alpha value is -0.590. The molecule has 1 fully saturated rings. The van der Waals surface area contributed by atoms with Gasteiger partial charge in [-0.25, -0.2) is 0 Å². The summed E-state index contributed by atoms with van der Waals surface area (Å²) in [5, 5.41) is 8.50. The van der Waals surface area contributed by atoms with Crippen molar-refractivity contribution in [3.8, 4) is 6.07 Å². The lowest BCUT2D eigenvalue weighted by atomic mass is 10.1. The van der Waals surface area contributed by atoms with E-state index >= 15 is 0 Å². The second kappa shape index (κ2) is 2.34. The molecular formula is C6H11N3. The largest absolute Gasteiger partial charge is 0.325 e. The van der Waals surface area contributed by atoms with E-state index in [0.717, 1.165) is 13.1 Å². The summed E-state index contributed by atoms with van der Waals surface area (Å²) in [6.45, 7) is 1.69. The van der Waals surface area contributed by atoms with E-state index in [-0.39, 0.29) is 12.0 Å². The quantitative estimate of drug-likeness (QED) is 0.470. The zero-order valence-electron chi connectivity index (χ0n) is 5.54. The van der Waals surface area contributed by atoms with Gasteiger partial charge in [-0.1, -0.05) is 0 Å². The molecule has 1 heterocycles. The highest BCUT2D eigenvalue weighted by molar-refractivity contribution is 4.97. The van der Waals surface area contributed by atoms with Gasteiger partial charge in [-0.3, -0.25) is 0 Å². The third-order valence-corrected chi connectivity index (χ3v) is 1.71. The molecule has 2 N–H and O–H groups in total. The van der Waals surface area contributed by atoms with Crippen molar-refractivity contribution in [2.45, 2.75) is 6.04 Å². The van der Waals surface area contributed by atoms with Crippen LogP contribution in [0, 0.1) is 17.2 Å². The molecule has 2 atom stereocenters. The predicted molar refractivity (Wildman–Crippen MR) is 34.6 cm³/mol. The van der Waals surface area contributed by atoms with Crippen molar-refractivity contribution in [2.24, 2.45) is 11.7 Å². The van der Waals surface area contributed by atoms with Crippen LogP contribution in [0.2, 0.25) is 0 Å². The summed E-state index contributed by atoms with van der Waals surface area (Å²) in [5.41, 5.74) is 5.62. The van der Waals surface area contributed by atoms with Crippen LogP contribution in [0.5, 0.6) is 0 Å². The number of likely N-dealkylation sites (N-methyl/N-ethyl adjacent to an activating group) is 1. The Labute approximate surface area is 55.1 Å². The van der Waals surface area contributed by atoms with E-state index in [0.29, 0.717) is 0 Å². The van der Waals surface area contributed by atoms with Crippen molar-refractivity contribution in [3.63, 3.8) is 0 Å². The van der Waals surface area contributed by atoms with Crippen LogP contribution >= 0.6 is 0 Å². The van der Waals surface area contributed by atoms with Crippen LogP contribution in [-0.2, 0) is 0 Å². The molecule has 0 spiro atoms. The second-order valence-corrected chi connectivity index (χ2v) is 2.62.